The van der Waals surface area contributed by atoms with Crippen molar-refractivity contribution in [2.24, 2.45) is 34.5 Å². The van der Waals surface area contributed by atoms with Gasteiger partial charge in [0.2, 0.25) is 0 Å². The van der Waals surface area contributed by atoms with E-state index in [0.29, 0.717) is 35.7 Å². The van der Waals surface area contributed by atoms with Gasteiger partial charge in [0.1, 0.15) is 17.2 Å². The van der Waals surface area contributed by atoms with Crippen molar-refractivity contribution in [2.45, 2.75) is 63.5 Å². The number of allylic oxidation sites excluding steroid dienone is 2. The lowest BCUT2D eigenvalue weighted by atomic mass is 9.55. The topological polar surface area (TPSA) is 209 Å². The van der Waals surface area contributed by atoms with Gasteiger partial charge < -0.3 is 37.8 Å². The second-order valence-corrected chi connectivity index (χ2v) is 14.4. The monoisotopic (exact) mass is 796 g/mol. The number of nitrogens with one attached hydrogen (secondary N) is 2. The lowest BCUT2D eigenvalue weighted by Crippen LogP contribution is -2.54. The van der Waals surface area contributed by atoms with Gasteiger partial charge >= 0.3 is 10.4 Å². The first-order valence-corrected chi connectivity index (χ1v) is 17.5. The van der Waals surface area contributed by atoms with Gasteiger partial charge in [0.15, 0.2) is 0 Å². The highest BCUT2D eigenvalue weighted by Gasteiger charge is 2.54. The minimum Gasteiger partial charge on any atom is -0.399 e. The molecule has 0 unspecified atom stereocenters. The van der Waals surface area contributed by atoms with Gasteiger partial charge in [0, 0.05) is 55.8 Å². The van der Waals surface area contributed by atoms with Gasteiger partial charge in [-0.3, -0.25) is 9.35 Å². The Kier molecular flexibility index (Phi) is 17.6. The van der Waals surface area contributed by atoms with E-state index in [-0.39, 0.29) is 60.8 Å². The molecule has 1 saturated heterocycles. The summed E-state index contributed by atoms with van der Waals surface area (Å²) < 4.78 is 35.2. The van der Waals surface area contributed by atoms with E-state index in [0.717, 1.165) is 87.1 Å². The summed E-state index contributed by atoms with van der Waals surface area (Å²) in [5.74, 6) is 2.05. The first-order chi connectivity index (χ1) is 21.8. The second kappa shape index (κ2) is 19.1. The van der Waals surface area contributed by atoms with Crippen LogP contribution in [0.15, 0.2) is 60.3 Å². The Morgan fingerprint density at radius 2 is 1.48 bits per heavy atom. The number of carbonyl (C=O) groups is 1. The standard InChI is InChI=1S/C18H22O5S.C12H16N4.C4H10N2.4ClH/c1-18-9-8-14-13-5-3-12(23-24(20,21)22)10-11(13)2-4-15(14)16(18)6-7-17(18)19;13-10-4-1-8(2-5-10)9-3-6-11(14)12(15,16)7-9;1-2-6-4-3-5-1;;;;/h3,5,10,14-16H,2,4,6-9H2,1H3,(H,20,21,22);1-6H,7,13-16H2;5-6H,1-4H2;4*1H/t14-,15-,16+,18+;;;;;;/m1....../s1. The zero-order valence-corrected chi connectivity index (χ0v) is 32.2. The second-order valence-electron chi connectivity index (χ2n) is 13.4. The summed E-state index contributed by atoms with van der Waals surface area (Å²) >= 11 is 0. The average Bonchev–Trinajstić information content (AvgIpc) is 3.33. The van der Waals surface area contributed by atoms with Crippen LogP contribution in [0.5, 0.6) is 5.75 Å². The highest BCUT2D eigenvalue weighted by atomic mass is 35.5. The Balaban J connectivity index is 0.000000419. The number of benzene rings is 2. The van der Waals surface area contributed by atoms with E-state index in [1.165, 1.54) is 5.56 Å². The number of Topliss-reactive ketones (excluding diaryl/α,β-unsaturated/α-hetero) is 1. The molecule has 1 heterocycles. The maximum Gasteiger partial charge on any atom is 0.446 e. The fraction of sp³-hybridized carbons (Fsp3) is 0.500. The number of hydrogen-bond donors (Lipinski definition) is 7. The molecule has 0 radical (unpaired) electrons. The minimum absolute atomic E-state index is 0. The average molecular weight is 799 g/mol. The molecule has 11 N–H and O–H groups in total. The number of ketones is 1. The van der Waals surface area contributed by atoms with Crippen LogP contribution >= 0.6 is 49.6 Å². The van der Waals surface area contributed by atoms with Crippen LogP contribution in [-0.2, 0) is 21.6 Å². The van der Waals surface area contributed by atoms with Gasteiger partial charge in [-0.25, -0.2) is 0 Å². The number of carbonyl (C=O) groups excluding carboxylic acids is 1. The molecular formula is C34H52Cl4N6O5S. The van der Waals surface area contributed by atoms with Gasteiger partial charge in [-0.05, 0) is 102 Å². The molecule has 0 spiro atoms. The largest absolute Gasteiger partial charge is 0.446 e. The maximum absolute atomic E-state index is 12.3. The molecule has 4 atom stereocenters. The quantitative estimate of drug-likeness (QED) is 0.129. The molecule has 0 amide bonds. The van der Waals surface area contributed by atoms with Crippen LogP contribution in [0.2, 0.25) is 0 Å². The van der Waals surface area contributed by atoms with Crippen LogP contribution in [0.4, 0.5) is 5.69 Å². The molecule has 2 aromatic carbocycles. The molecule has 282 valence electrons. The molecule has 4 aliphatic carbocycles. The minimum atomic E-state index is -4.49. The van der Waals surface area contributed by atoms with Gasteiger partial charge in [-0.15, -0.1) is 49.6 Å². The Labute approximate surface area is 320 Å². The number of anilines is 1. The highest BCUT2D eigenvalue weighted by Crippen LogP contribution is 2.59. The highest BCUT2D eigenvalue weighted by molar-refractivity contribution is 7.81. The molecule has 11 nitrogen and oxygen atoms in total. The Hall–Kier alpha value is -2.10. The van der Waals surface area contributed by atoms with Crippen LogP contribution in [0.25, 0.3) is 5.57 Å². The lowest BCUT2D eigenvalue weighted by molar-refractivity contribution is -0.129. The number of fused-ring (bicyclic) bond motifs is 5. The van der Waals surface area contributed by atoms with Crippen molar-refractivity contribution in [3.8, 4) is 5.75 Å². The van der Waals surface area contributed by atoms with Gasteiger partial charge in [-0.1, -0.05) is 31.2 Å². The van der Waals surface area contributed by atoms with Crippen molar-refractivity contribution in [3.05, 3.63) is 77.0 Å². The molecule has 5 aliphatic rings. The van der Waals surface area contributed by atoms with Crippen molar-refractivity contribution >= 4 is 77.1 Å². The van der Waals surface area contributed by atoms with Gasteiger partial charge in [-0.2, -0.15) is 8.42 Å². The van der Waals surface area contributed by atoms with E-state index in [1.807, 2.05) is 36.4 Å². The van der Waals surface area contributed by atoms with Crippen LogP contribution in [0.1, 0.15) is 68.1 Å². The molecule has 50 heavy (non-hydrogen) atoms. The van der Waals surface area contributed by atoms with E-state index < -0.39 is 16.1 Å². The summed E-state index contributed by atoms with van der Waals surface area (Å²) in [6, 6.07) is 12.9. The van der Waals surface area contributed by atoms with Crippen molar-refractivity contribution < 1.29 is 21.9 Å². The predicted molar refractivity (Wildman–Crippen MR) is 210 cm³/mol. The number of halogens is 4. The third-order valence-electron chi connectivity index (χ3n) is 10.3. The van der Waals surface area contributed by atoms with E-state index >= 15 is 0 Å². The van der Waals surface area contributed by atoms with Crippen molar-refractivity contribution in [2.75, 3.05) is 31.9 Å². The van der Waals surface area contributed by atoms with Crippen molar-refractivity contribution in [1.82, 2.24) is 10.6 Å². The molecule has 2 aromatic rings. The van der Waals surface area contributed by atoms with Crippen LogP contribution in [0, 0.1) is 17.3 Å². The number of aryl methyl sites for hydroxylation is 1. The van der Waals surface area contributed by atoms with Crippen molar-refractivity contribution in [1.29, 1.82) is 0 Å². The third-order valence-corrected chi connectivity index (χ3v) is 10.7. The number of nitrogens with two attached hydrogens (primary N) is 4. The maximum atomic E-state index is 12.3. The third kappa shape index (κ3) is 11.0. The zero-order chi connectivity index (χ0) is 33.1. The van der Waals surface area contributed by atoms with E-state index in [4.69, 9.17) is 27.5 Å². The van der Waals surface area contributed by atoms with Crippen molar-refractivity contribution in [3.63, 3.8) is 0 Å². The summed E-state index contributed by atoms with van der Waals surface area (Å²) in [5, 5.41) is 6.44. The molecule has 16 heteroatoms. The number of rotatable bonds is 3. The number of nitrogen functional groups attached to an aromatic ring is 1. The molecule has 0 aromatic heterocycles. The fourth-order valence-electron chi connectivity index (χ4n) is 7.82. The van der Waals surface area contributed by atoms with E-state index in [1.54, 1.807) is 18.2 Å². The molecule has 0 bridgehead atoms. The first-order valence-electron chi connectivity index (χ1n) is 16.1. The summed E-state index contributed by atoms with van der Waals surface area (Å²) in [4.78, 5) is 12.3. The van der Waals surface area contributed by atoms with Crippen LogP contribution in [-0.4, -0.2) is 50.6 Å². The van der Waals surface area contributed by atoms with Gasteiger partial charge in [0.05, 0.1) is 0 Å². The van der Waals surface area contributed by atoms with E-state index in [9.17, 15) is 13.2 Å². The zero-order valence-electron chi connectivity index (χ0n) is 28.1. The normalized spacial score (nSPS) is 25.8. The molecule has 1 aliphatic heterocycles. The molecule has 7 rings (SSSR count). The molecule has 2 saturated carbocycles. The SMILES string of the molecule is C1CNCCN1.C[C@]12CC[C@@H]3c4ccc(OS(=O)(=O)O)cc4CC[C@H]3[C@@H]1CCC2=O.Cl.Cl.Cl.Cl.NC1=CC=C(c2ccc(N)cc2)CC1(N)N. The van der Waals surface area contributed by atoms with Crippen LogP contribution < -0.4 is 37.8 Å². The predicted octanol–water partition coefficient (Wildman–Crippen LogP) is 4.67. The Bertz CT molecular complexity index is 1590. The first kappa shape index (κ1) is 45.9. The Morgan fingerprint density at radius 1 is 0.860 bits per heavy atom. The summed E-state index contributed by atoms with van der Waals surface area (Å²) in [5.41, 5.74) is 27.8. The Morgan fingerprint density at radius 3 is 2.04 bits per heavy atom. The summed E-state index contributed by atoms with van der Waals surface area (Å²) in [6.07, 6.45) is 9.80. The lowest BCUT2D eigenvalue weighted by Gasteiger charge is -2.48. The summed E-state index contributed by atoms with van der Waals surface area (Å²) in [6.45, 7) is 6.71. The molecule has 3 fully saturated rings. The molecular weight excluding hydrogens is 746 g/mol. The van der Waals surface area contributed by atoms with Crippen LogP contribution in [0.3, 0.4) is 0 Å². The smallest absolute Gasteiger partial charge is 0.399 e. The van der Waals surface area contributed by atoms with E-state index in [2.05, 4.69) is 21.7 Å². The number of hydrogen-bond acceptors (Lipinski definition) is 10. The number of piperazine rings is 1. The summed E-state index contributed by atoms with van der Waals surface area (Å²) in [7, 11) is -4.49. The fourth-order valence-corrected chi connectivity index (χ4v) is 8.17. The van der Waals surface area contributed by atoms with Gasteiger partial charge in [0.25, 0.3) is 0 Å².